The minimum Gasteiger partial charge on any atom is -0.465 e. The molecule has 10 heteroatoms. The number of amides is 1. The van der Waals surface area contributed by atoms with Crippen molar-refractivity contribution in [3.63, 3.8) is 0 Å². The molecular formula is C18H20BrN7O2. The molecule has 1 amide bonds. The molecule has 0 unspecified atom stereocenters. The third-order valence-electron chi connectivity index (χ3n) is 4.85. The average Bonchev–Trinajstić information content (AvgIpc) is 3.13. The topological polar surface area (TPSA) is 101 Å². The first-order valence-corrected chi connectivity index (χ1v) is 9.69. The fraction of sp³-hybridized carbons (Fsp3) is 0.333. The number of halogens is 1. The van der Waals surface area contributed by atoms with Crippen LogP contribution in [0.15, 0.2) is 35.2 Å². The average molecular weight is 446 g/mol. The highest BCUT2D eigenvalue weighted by Crippen LogP contribution is 2.34. The van der Waals surface area contributed by atoms with Gasteiger partial charge in [0, 0.05) is 58.4 Å². The Balaban J connectivity index is 1.54. The van der Waals surface area contributed by atoms with E-state index in [0.717, 1.165) is 47.8 Å². The van der Waals surface area contributed by atoms with E-state index in [1.165, 1.54) is 12.6 Å². The van der Waals surface area contributed by atoms with E-state index >= 15 is 0 Å². The zero-order valence-corrected chi connectivity index (χ0v) is 16.9. The molecule has 0 atom stereocenters. The number of carbonyl (C=O) groups is 1. The van der Waals surface area contributed by atoms with Crippen molar-refractivity contribution in [2.24, 2.45) is 0 Å². The van der Waals surface area contributed by atoms with Crippen molar-refractivity contribution in [1.82, 2.24) is 24.8 Å². The summed E-state index contributed by atoms with van der Waals surface area (Å²) < 4.78 is 0.844. The van der Waals surface area contributed by atoms with Crippen molar-refractivity contribution in [3.8, 4) is 0 Å². The van der Waals surface area contributed by atoms with E-state index in [1.807, 2.05) is 12.3 Å². The van der Waals surface area contributed by atoms with Crippen molar-refractivity contribution < 1.29 is 9.90 Å². The summed E-state index contributed by atoms with van der Waals surface area (Å²) in [6, 6.07) is 4.05. The molecule has 3 aromatic rings. The van der Waals surface area contributed by atoms with Crippen molar-refractivity contribution in [2.45, 2.75) is 6.54 Å². The van der Waals surface area contributed by atoms with E-state index < -0.39 is 6.09 Å². The number of carboxylic acid groups (broad SMARTS) is 1. The van der Waals surface area contributed by atoms with Crippen molar-refractivity contribution >= 4 is 44.8 Å². The maximum absolute atomic E-state index is 11.2. The van der Waals surface area contributed by atoms with E-state index in [4.69, 9.17) is 0 Å². The number of anilines is 2. The highest BCUT2D eigenvalue weighted by molar-refractivity contribution is 9.10. The molecule has 0 aromatic carbocycles. The molecule has 1 aliphatic heterocycles. The zero-order chi connectivity index (χ0) is 19.7. The van der Waals surface area contributed by atoms with E-state index in [0.29, 0.717) is 11.2 Å². The van der Waals surface area contributed by atoms with Gasteiger partial charge in [-0.05, 0) is 27.6 Å². The summed E-state index contributed by atoms with van der Waals surface area (Å²) in [5.41, 5.74) is 3.38. The summed E-state index contributed by atoms with van der Waals surface area (Å²) in [5.74, 6) is 0.254. The number of hydrogen-bond acceptors (Lipinski definition) is 6. The van der Waals surface area contributed by atoms with E-state index in [-0.39, 0.29) is 5.95 Å². The number of nitrogens with one attached hydrogen (secondary N) is 1. The van der Waals surface area contributed by atoms with Crippen LogP contribution in [0.25, 0.3) is 11.2 Å². The molecular weight excluding hydrogens is 426 g/mol. The first kappa shape index (κ1) is 18.6. The fourth-order valence-electron chi connectivity index (χ4n) is 3.34. The van der Waals surface area contributed by atoms with Crippen molar-refractivity contribution in [2.75, 3.05) is 43.0 Å². The molecule has 146 valence electrons. The van der Waals surface area contributed by atoms with Crippen LogP contribution in [-0.4, -0.2) is 69.3 Å². The number of imidazole rings is 1. The van der Waals surface area contributed by atoms with Gasteiger partial charge in [-0.25, -0.2) is 14.8 Å². The molecule has 1 aliphatic rings. The largest absolute Gasteiger partial charge is 0.465 e. The lowest BCUT2D eigenvalue weighted by Crippen LogP contribution is -2.46. The maximum Gasteiger partial charge on any atom is 0.413 e. The van der Waals surface area contributed by atoms with Gasteiger partial charge in [0.25, 0.3) is 0 Å². The minimum absolute atomic E-state index is 0.254. The molecule has 0 saturated carbocycles. The Labute approximate surface area is 170 Å². The maximum atomic E-state index is 11.2. The Bertz CT molecular complexity index is 986. The number of piperazine rings is 1. The van der Waals surface area contributed by atoms with Gasteiger partial charge in [-0.1, -0.05) is 6.07 Å². The Morgan fingerprint density at radius 2 is 2.11 bits per heavy atom. The molecule has 9 nitrogen and oxygen atoms in total. The number of H-pyrrole nitrogens is 1. The van der Waals surface area contributed by atoms with Crippen LogP contribution in [0.5, 0.6) is 0 Å². The quantitative estimate of drug-likeness (QED) is 0.635. The van der Waals surface area contributed by atoms with Gasteiger partial charge in [-0.2, -0.15) is 0 Å². The SMILES string of the molecule is CN(C(=O)O)c1nc2c(N3CCN(Cc4cccnc4)CC3)c(Br)cnc2[nH]1. The molecule has 28 heavy (non-hydrogen) atoms. The Morgan fingerprint density at radius 1 is 1.32 bits per heavy atom. The first-order valence-electron chi connectivity index (χ1n) is 8.90. The van der Waals surface area contributed by atoms with Crippen LogP contribution in [0.2, 0.25) is 0 Å². The van der Waals surface area contributed by atoms with Crippen LogP contribution >= 0.6 is 15.9 Å². The summed E-state index contributed by atoms with van der Waals surface area (Å²) in [4.78, 5) is 32.9. The van der Waals surface area contributed by atoms with Gasteiger partial charge in [0.15, 0.2) is 5.65 Å². The third-order valence-corrected chi connectivity index (χ3v) is 5.43. The lowest BCUT2D eigenvalue weighted by molar-refractivity contribution is 0.203. The second-order valence-corrected chi connectivity index (χ2v) is 7.53. The van der Waals surface area contributed by atoms with Crippen molar-refractivity contribution in [1.29, 1.82) is 0 Å². The number of rotatable bonds is 4. The minimum atomic E-state index is -1.08. The molecule has 0 aliphatic carbocycles. The second-order valence-electron chi connectivity index (χ2n) is 6.68. The monoisotopic (exact) mass is 445 g/mol. The Kier molecular flexibility index (Phi) is 5.14. The molecule has 1 saturated heterocycles. The predicted octanol–water partition coefficient (Wildman–Crippen LogP) is 2.55. The molecule has 4 heterocycles. The smallest absolute Gasteiger partial charge is 0.413 e. The highest BCUT2D eigenvalue weighted by Gasteiger charge is 2.24. The lowest BCUT2D eigenvalue weighted by Gasteiger charge is -2.36. The molecule has 0 spiro atoms. The predicted molar refractivity (Wildman–Crippen MR) is 110 cm³/mol. The molecule has 2 N–H and O–H groups in total. The van der Waals surface area contributed by atoms with E-state index in [1.54, 1.807) is 12.4 Å². The van der Waals surface area contributed by atoms with Gasteiger partial charge in [0.2, 0.25) is 5.95 Å². The molecule has 0 bridgehead atoms. The highest BCUT2D eigenvalue weighted by atomic mass is 79.9. The standard InChI is InChI=1S/C18H20BrN7O2/c1-24(18(27)28)17-22-14-15(13(19)10-21-16(14)23-17)26-7-5-25(6-8-26)11-12-3-2-4-20-9-12/h2-4,9-10H,5-8,11H2,1H3,(H,27,28)(H,21,22,23). The number of fused-ring (bicyclic) bond motifs is 1. The van der Waals surface area contributed by atoms with Gasteiger partial charge in [-0.3, -0.25) is 14.8 Å². The molecule has 0 radical (unpaired) electrons. The van der Waals surface area contributed by atoms with Crippen LogP contribution in [0.1, 0.15) is 5.56 Å². The van der Waals surface area contributed by atoms with Gasteiger partial charge in [0.05, 0.1) is 10.2 Å². The van der Waals surface area contributed by atoms with Gasteiger partial charge in [0.1, 0.15) is 5.52 Å². The summed E-state index contributed by atoms with van der Waals surface area (Å²) >= 11 is 3.59. The number of hydrogen-bond donors (Lipinski definition) is 2. The number of aromatic nitrogens is 4. The van der Waals surface area contributed by atoms with E-state index in [2.05, 4.69) is 51.7 Å². The zero-order valence-electron chi connectivity index (χ0n) is 15.3. The van der Waals surface area contributed by atoms with Gasteiger partial charge >= 0.3 is 6.09 Å². The van der Waals surface area contributed by atoms with Gasteiger partial charge < -0.3 is 15.0 Å². The summed E-state index contributed by atoms with van der Waals surface area (Å²) in [7, 11) is 1.45. The normalized spacial score (nSPS) is 15.1. The van der Waals surface area contributed by atoms with Crippen LogP contribution < -0.4 is 9.80 Å². The van der Waals surface area contributed by atoms with Crippen LogP contribution in [0.3, 0.4) is 0 Å². The molecule has 1 fully saturated rings. The lowest BCUT2D eigenvalue weighted by atomic mass is 10.2. The second kappa shape index (κ2) is 7.72. The summed E-state index contributed by atoms with van der Waals surface area (Å²) in [5, 5.41) is 9.20. The number of aromatic amines is 1. The number of nitrogens with zero attached hydrogens (tertiary/aromatic N) is 6. The fourth-order valence-corrected chi connectivity index (χ4v) is 3.88. The summed E-state index contributed by atoms with van der Waals surface area (Å²) in [6.45, 7) is 4.39. The van der Waals surface area contributed by atoms with Crippen molar-refractivity contribution in [3.05, 3.63) is 40.8 Å². The van der Waals surface area contributed by atoms with Crippen LogP contribution in [-0.2, 0) is 6.54 Å². The van der Waals surface area contributed by atoms with Crippen LogP contribution in [0, 0.1) is 0 Å². The third kappa shape index (κ3) is 3.65. The molecule has 3 aromatic heterocycles. The number of pyridine rings is 2. The Hall–Kier alpha value is -2.72. The summed E-state index contributed by atoms with van der Waals surface area (Å²) in [6.07, 6.45) is 4.33. The Morgan fingerprint density at radius 3 is 2.79 bits per heavy atom. The van der Waals surface area contributed by atoms with E-state index in [9.17, 15) is 9.90 Å². The van der Waals surface area contributed by atoms with Crippen LogP contribution in [0.4, 0.5) is 16.4 Å². The van der Waals surface area contributed by atoms with Gasteiger partial charge in [-0.15, -0.1) is 0 Å². The molecule has 4 rings (SSSR count). The first-order chi connectivity index (χ1) is 13.5.